The van der Waals surface area contributed by atoms with Crippen molar-refractivity contribution in [3.8, 4) is 0 Å². The van der Waals surface area contributed by atoms with E-state index in [9.17, 15) is 4.21 Å². The summed E-state index contributed by atoms with van der Waals surface area (Å²) in [4.78, 5) is 0.787. The molecule has 1 heterocycles. The summed E-state index contributed by atoms with van der Waals surface area (Å²) in [6, 6.07) is 7.49. The van der Waals surface area contributed by atoms with Gasteiger partial charge in [0.25, 0.3) is 0 Å². The molecule has 0 spiro atoms. The van der Waals surface area contributed by atoms with Crippen molar-refractivity contribution in [1.29, 1.82) is 0 Å². The van der Waals surface area contributed by atoms with E-state index in [0.29, 0.717) is 6.54 Å². The highest BCUT2D eigenvalue weighted by Gasteiger charge is 2.30. The average Bonchev–Trinajstić information content (AvgIpc) is 2.31. The molecule has 0 unspecified atom stereocenters. The molecule has 3 heteroatoms. The largest absolute Gasteiger partial charge is 0.384 e. The third-order valence-electron chi connectivity index (χ3n) is 2.56. The quantitative estimate of drug-likeness (QED) is 0.712. The molecule has 0 aliphatic carbocycles. The highest BCUT2D eigenvalue weighted by Crippen LogP contribution is 2.32. The Hall–Kier alpha value is -0.830. The van der Waals surface area contributed by atoms with E-state index in [1.165, 1.54) is 5.31 Å². The molecule has 2 nitrogen and oxygen atoms in total. The lowest BCUT2D eigenvalue weighted by atomic mass is 10.1. The van der Waals surface area contributed by atoms with Crippen molar-refractivity contribution in [3.63, 3.8) is 0 Å². The van der Waals surface area contributed by atoms with Gasteiger partial charge >= 0.3 is 0 Å². The Kier molecular flexibility index (Phi) is 2.05. The minimum atomic E-state index is -1.03. The molecule has 0 saturated carbocycles. The molecule has 1 aromatic carbocycles. The Balaban J connectivity index is 2.56. The molecule has 0 saturated heterocycles. The Morgan fingerprint density at radius 2 is 2.21 bits per heavy atom. The molecule has 76 valence electrons. The molecule has 0 aromatic heterocycles. The standard InChI is InChI=1S/C11H15NOS/c1-11(2)7-8-12-9-5-3-4-6-10(9)14(11)13/h3-6,12H,7-8H2,1-2H3/t14-/m0/s1/i/hD. The van der Waals surface area contributed by atoms with Gasteiger partial charge in [-0.15, -0.1) is 0 Å². The van der Waals surface area contributed by atoms with Crippen LogP contribution in [-0.2, 0) is 10.8 Å². The van der Waals surface area contributed by atoms with Crippen LogP contribution in [-0.4, -0.2) is 15.5 Å². The summed E-state index contributed by atoms with van der Waals surface area (Å²) in [5.41, 5.74) is 0.779. The van der Waals surface area contributed by atoms with Gasteiger partial charge in [-0.2, -0.15) is 0 Å². The van der Waals surface area contributed by atoms with Crippen LogP contribution in [0.2, 0.25) is 1.41 Å². The van der Waals surface area contributed by atoms with E-state index in [2.05, 4.69) is 0 Å². The number of benzene rings is 1. The van der Waals surface area contributed by atoms with Gasteiger partial charge in [-0.25, -0.2) is 0 Å². The van der Waals surface area contributed by atoms with Gasteiger partial charge in [0.15, 0.2) is 1.41 Å². The minimum Gasteiger partial charge on any atom is -0.384 e. The maximum Gasteiger partial charge on any atom is 0.160 e. The Bertz CT molecular complexity index is 405. The van der Waals surface area contributed by atoms with Crippen LogP contribution in [0.3, 0.4) is 0 Å². The van der Waals surface area contributed by atoms with Crippen molar-refractivity contribution in [1.82, 2.24) is 0 Å². The van der Waals surface area contributed by atoms with Crippen molar-refractivity contribution >= 4 is 16.5 Å². The van der Waals surface area contributed by atoms with Crippen molar-refractivity contribution in [2.45, 2.75) is 29.9 Å². The monoisotopic (exact) mass is 210 g/mol. The maximum atomic E-state index is 12.3. The molecule has 0 fully saturated rings. The van der Waals surface area contributed by atoms with Crippen molar-refractivity contribution in [2.24, 2.45) is 0 Å². The average molecular weight is 210 g/mol. The molecule has 1 aliphatic rings. The van der Waals surface area contributed by atoms with E-state index in [4.69, 9.17) is 1.41 Å². The molecule has 1 atom stereocenters. The fraction of sp³-hybridized carbons (Fsp3) is 0.455. The highest BCUT2D eigenvalue weighted by molar-refractivity contribution is 7.86. The second-order valence-electron chi connectivity index (χ2n) is 4.13. The number of anilines is 1. The van der Waals surface area contributed by atoms with Crippen LogP contribution in [0.5, 0.6) is 0 Å². The number of hydrogen-bond acceptors (Lipinski definition) is 2. The molecular formula is C11H15NOS. The van der Waals surface area contributed by atoms with E-state index >= 15 is 0 Å². The molecule has 0 bridgehead atoms. The predicted octanol–water partition coefficient (Wildman–Crippen LogP) is 2.39. The van der Waals surface area contributed by atoms with Crippen LogP contribution < -0.4 is 5.31 Å². The zero-order valence-electron chi connectivity index (χ0n) is 9.49. The Morgan fingerprint density at radius 3 is 3.00 bits per heavy atom. The van der Waals surface area contributed by atoms with Crippen LogP contribution in [0.4, 0.5) is 5.69 Å². The summed E-state index contributed by atoms with van der Waals surface area (Å²) in [6.45, 7) is 4.63. The normalized spacial score (nSPS) is 26.3. The molecule has 0 radical (unpaired) electrons. The maximum absolute atomic E-state index is 12.3. The number of rotatable bonds is 0. The lowest BCUT2D eigenvalue weighted by molar-refractivity contribution is 0.608. The van der Waals surface area contributed by atoms with Gasteiger partial charge in [0.1, 0.15) is 0 Å². The summed E-state index contributed by atoms with van der Waals surface area (Å²) in [5.74, 6) is 0. The SMILES string of the molecule is [2H]N1CCC(C)(C)[S@@](=O)c2ccccc21. The van der Waals surface area contributed by atoms with Crippen molar-refractivity contribution < 1.29 is 5.62 Å². The molecule has 1 N–H and O–H groups in total. The smallest absolute Gasteiger partial charge is 0.160 e. The fourth-order valence-corrected chi connectivity index (χ4v) is 2.98. The lowest BCUT2D eigenvalue weighted by Gasteiger charge is -2.20. The molecular weight excluding hydrogens is 194 g/mol. The summed E-state index contributed by atoms with van der Waals surface area (Å²) in [7, 11) is -1.03. The lowest BCUT2D eigenvalue weighted by Crippen LogP contribution is -2.26. The van der Waals surface area contributed by atoms with Crippen LogP contribution in [0, 0.1) is 0 Å². The van der Waals surface area contributed by atoms with Gasteiger partial charge in [-0.3, -0.25) is 4.21 Å². The van der Waals surface area contributed by atoms with Crippen LogP contribution in [0.1, 0.15) is 20.3 Å². The molecule has 1 aliphatic heterocycles. The van der Waals surface area contributed by atoms with E-state index in [-0.39, 0.29) is 4.75 Å². The van der Waals surface area contributed by atoms with E-state index in [0.717, 1.165) is 17.0 Å². The number of nitrogens with one attached hydrogen (secondary N) is 1. The van der Waals surface area contributed by atoms with Crippen molar-refractivity contribution in [2.75, 3.05) is 11.9 Å². The van der Waals surface area contributed by atoms with Gasteiger partial charge in [-0.05, 0) is 32.4 Å². The number of para-hydroxylation sites is 1. The van der Waals surface area contributed by atoms with Gasteiger partial charge < -0.3 is 5.31 Å². The fourth-order valence-electron chi connectivity index (χ4n) is 1.58. The van der Waals surface area contributed by atoms with Crippen LogP contribution in [0.25, 0.3) is 0 Å². The first-order valence-corrected chi connectivity index (χ1v) is 5.95. The first-order valence-electron chi connectivity index (χ1n) is 5.24. The topological polar surface area (TPSA) is 29.1 Å². The second kappa shape index (κ2) is 3.39. The van der Waals surface area contributed by atoms with Gasteiger partial charge in [0.05, 0.1) is 21.4 Å². The zero-order chi connectivity index (χ0) is 11.1. The zero-order valence-corrected chi connectivity index (χ0v) is 9.30. The van der Waals surface area contributed by atoms with Gasteiger partial charge in [0, 0.05) is 11.3 Å². The molecule has 1 aromatic rings. The minimum absolute atomic E-state index is 0.244. The van der Waals surface area contributed by atoms with Crippen molar-refractivity contribution in [3.05, 3.63) is 24.3 Å². The second-order valence-corrected chi connectivity index (χ2v) is 6.21. The highest BCUT2D eigenvalue weighted by atomic mass is 32.2. The van der Waals surface area contributed by atoms with Crippen LogP contribution in [0.15, 0.2) is 29.2 Å². The van der Waals surface area contributed by atoms with Gasteiger partial charge in [0.2, 0.25) is 0 Å². The molecule has 0 amide bonds. The third-order valence-corrected chi connectivity index (χ3v) is 4.52. The summed E-state index contributed by atoms with van der Waals surface area (Å²) in [5, 5.41) is 1.45. The van der Waals surface area contributed by atoms with E-state index in [1.807, 2.05) is 38.1 Å². The molecule has 14 heavy (non-hydrogen) atoms. The van der Waals surface area contributed by atoms with Crippen LogP contribution >= 0.6 is 0 Å². The summed E-state index contributed by atoms with van der Waals surface area (Å²) in [6.07, 6.45) is 0.776. The van der Waals surface area contributed by atoms with E-state index < -0.39 is 10.8 Å². The molecule has 2 rings (SSSR count). The Morgan fingerprint density at radius 1 is 1.50 bits per heavy atom. The van der Waals surface area contributed by atoms with Gasteiger partial charge in [-0.1, -0.05) is 12.1 Å². The number of hydrogen-bond donors (Lipinski definition) is 1. The summed E-state index contributed by atoms with van der Waals surface area (Å²) >= 11 is 0. The first kappa shape index (κ1) is 8.48. The first-order chi connectivity index (χ1) is 7.02. The Labute approximate surface area is 88.6 Å². The van der Waals surface area contributed by atoms with E-state index in [1.54, 1.807) is 0 Å². The number of fused-ring (bicyclic) bond motifs is 1. The predicted molar refractivity (Wildman–Crippen MR) is 60.0 cm³/mol. The third kappa shape index (κ3) is 1.57. The summed E-state index contributed by atoms with van der Waals surface area (Å²) < 4.78 is 19.9.